The third kappa shape index (κ3) is 2.80. The highest BCUT2D eigenvalue weighted by molar-refractivity contribution is 5.59. The molecule has 0 aromatic heterocycles. The second kappa shape index (κ2) is 3.96. The first kappa shape index (κ1) is 9.61. The highest BCUT2D eigenvalue weighted by atomic mass is 16.3. The number of nitrogens with two attached hydrogens (primary N) is 1. The molecule has 1 rings (SSSR count). The van der Waals surface area contributed by atoms with Crippen molar-refractivity contribution in [2.45, 2.75) is 13.0 Å². The molecule has 0 saturated heterocycles. The lowest BCUT2D eigenvalue weighted by atomic mass is 10.1. The van der Waals surface area contributed by atoms with E-state index in [-0.39, 0.29) is 17.5 Å². The molecule has 1 atom stereocenters. The molecule has 0 aliphatic heterocycles. The molecule has 0 saturated carbocycles. The smallest absolute Gasteiger partial charge is 0.123 e. The Labute approximate surface area is 77.1 Å². The van der Waals surface area contributed by atoms with Crippen LogP contribution < -0.4 is 5.73 Å². The van der Waals surface area contributed by atoms with Gasteiger partial charge in [-0.05, 0) is 25.1 Å². The summed E-state index contributed by atoms with van der Waals surface area (Å²) in [6, 6.07) is 4.28. The molecular formula is C10H13NO2. The minimum Gasteiger partial charge on any atom is -0.508 e. The van der Waals surface area contributed by atoms with Crippen molar-refractivity contribution >= 4 is 6.08 Å². The lowest BCUT2D eigenvalue weighted by molar-refractivity contribution is 0.459. The fourth-order valence-corrected chi connectivity index (χ4v) is 0.931. The number of hydrogen-bond acceptors (Lipinski definition) is 3. The van der Waals surface area contributed by atoms with Crippen molar-refractivity contribution in [1.29, 1.82) is 0 Å². The van der Waals surface area contributed by atoms with Crippen LogP contribution in [0.5, 0.6) is 11.5 Å². The molecule has 3 heteroatoms. The zero-order valence-corrected chi connectivity index (χ0v) is 7.44. The predicted octanol–water partition coefficient (Wildman–Crippen LogP) is 1.46. The van der Waals surface area contributed by atoms with E-state index in [0.29, 0.717) is 5.56 Å². The minimum atomic E-state index is -0.0678. The van der Waals surface area contributed by atoms with Crippen LogP contribution in [0, 0.1) is 0 Å². The maximum absolute atomic E-state index is 9.34. The van der Waals surface area contributed by atoms with E-state index >= 15 is 0 Å². The first-order valence-corrected chi connectivity index (χ1v) is 4.05. The molecule has 0 aliphatic carbocycles. The molecule has 0 aliphatic rings. The summed E-state index contributed by atoms with van der Waals surface area (Å²) in [4.78, 5) is 0. The van der Waals surface area contributed by atoms with Crippen molar-refractivity contribution < 1.29 is 10.2 Å². The molecule has 0 radical (unpaired) electrons. The van der Waals surface area contributed by atoms with Crippen molar-refractivity contribution in [2.24, 2.45) is 5.73 Å². The first-order chi connectivity index (χ1) is 6.09. The minimum absolute atomic E-state index is 0.0678. The third-order valence-corrected chi connectivity index (χ3v) is 1.59. The Hall–Kier alpha value is -1.48. The van der Waals surface area contributed by atoms with Crippen molar-refractivity contribution in [3.8, 4) is 11.5 Å². The molecule has 1 aromatic carbocycles. The van der Waals surface area contributed by atoms with E-state index in [1.807, 2.05) is 6.92 Å². The fourth-order valence-electron chi connectivity index (χ4n) is 0.931. The second-order valence-corrected chi connectivity index (χ2v) is 2.96. The van der Waals surface area contributed by atoms with E-state index in [9.17, 15) is 5.11 Å². The SMILES string of the molecule is CC(N)/C=C/c1cc(O)ccc1O. The van der Waals surface area contributed by atoms with Gasteiger partial charge >= 0.3 is 0 Å². The van der Waals surface area contributed by atoms with Gasteiger partial charge in [-0.3, -0.25) is 0 Å². The average molecular weight is 179 g/mol. The van der Waals surface area contributed by atoms with Gasteiger partial charge in [-0.15, -0.1) is 0 Å². The molecule has 3 nitrogen and oxygen atoms in total. The van der Waals surface area contributed by atoms with E-state index in [4.69, 9.17) is 10.8 Å². The van der Waals surface area contributed by atoms with Gasteiger partial charge in [0.05, 0.1) is 0 Å². The van der Waals surface area contributed by atoms with Crippen molar-refractivity contribution in [1.82, 2.24) is 0 Å². The Balaban J connectivity index is 2.93. The molecule has 0 amide bonds. The lowest BCUT2D eigenvalue weighted by Gasteiger charge is -2.00. The van der Waals surface area contributed by atoms with Crippen LogP contribution in [0.3, 0.4) is 0 Å². The molecule has 13 heavy (non-hydrogen) atoms. The Morgan fingerprint density at radius 2 is 2.08 bits per heavy atom. The highest BCUT2D eigenvalue weighted by Gasteiger charge is 1.98. The monoisotopic (exact) mass is 179 g/mol. The van der Waals surface area contributed by atoms with Crippen LogP contribution in [0.25, 0.3) is 6.08 Å². The van der Waals surface area contributed by atoms with Crippen LogP contribution in [-0.2, 0) is 0 Å². The summed E-state index contributed by atoms with van der Waals surface area (Å²) in [7, 11) is 0. The normalized spacial score (nSPS) is 13.4. The summed E-state index contributed by atoms with van der Waals surface area (Å²) in [5, 5.41) is 18.5. The van der Waals surface area contributed by atoms with E-state index in [2.05, 4.69) is 0 Å². The molecule has 70 valence electrons. The second-order valence-electron chi connectivity index (χ2n) is 2.96. The predicted molar refractivity (Wildman–Crippen MR) is 52.5 cm³/mol. The van der Waals surface area contributed by atoms with Crippen molar-refractivity contribution in [3.63, 3.8) is 0 Å². The molecule has 4 N–H and O–H groups in total. The molecule has 1 unspecified atom stereocenters. The zero-order chi connectivity index (χ0) is 9.84. The Kier molecular flexibility index (Phi) is 2.93. The summed E-state index contributed by atoms with van der Waals surface area (Å²) in [6.07, 6.45) is 3.42. The molecule has 0 heterocycles. The number of hydrogen-bond donors (Lipinski definition) is 3. The summed E-state index contributed by atoms with van der Waals surface area (Å²) < 4.78 is 0. The largest absolute Gasteiger partial charge is 0.508 e. The van der Waals surface area contributed by atoms with Gasteiger partial charge in [-0.25, -0.2) is 0 Å². The maximum Gasteiger partial charge on any atom is 0.123 e. The zero-order valence-electron chi connectivity index (χ0n) is 7.44. The topological polar surface area (TPSA) is 66.5 Å². The van der Waals surface area contributed by atoms with Crippen LogP contribution in [0.4, 0.5) is 0 Å². The van der Waals surface area contributed by atoms with Gasteiger partial charge in [0.25, 0.3) is 0 Å². The Bertz CT molecular complexity index is 319. The Morgan fingerprint density at radius 3 is 2.69 bits per heavy atom. The number of benzene rings is 1. The molecule has 0 bridgehead atoms. The third-order valence-electron chi connectivity index (χ3n) is 1.59. The first-order valence-electron chi connectivity index (χ1n) is 4.05. The van der Waals surface area contributed by atoms with E-state index < -0.39 is 0 Å². The van der Waals surface area contributed by atoms with Crippen molar-refractivity contribution in [2.75, 3.05) is 0 Å². The number of rotatable bonds is 2. The van der Waals surface area contributed by atoms with Crippen LogP contribution in [0.15, 0.2) is 24.3 Å². The molecule has 0 spiro atoms. The van der Waals surface area contributed by atoms with E-state index in [0.717, 1.165) is 0 Å². The quantitative estimate of drug-likeness (QED) is 0.602. The molecule has 0 fully saturated rings. The average Bonchev–Trinajstić information content (AvgIpc) is 2.06. The summed E-state index contributed by atoms with van der Waals surface area (Å²) in [5.74, 6) is 0.261. The molecule has 1 aromatic rings. The Morgan fingerprint density at radius 1 is 1.38 bits per heavy atom. The van der Waals surface area contributed by atoms with Crippen LogP contribution in [0.1, 0.15) is 12.5 Å². The maximum atomic E-state index is 9.34. The number of aromatic hydroxyl groups is 2. The number of phenolic OH excluding ortho intramolecular Hbond substituents is 2. The van der Waals surface area contributed by atoms with Gasteiger partial charge in [-0.1, -0.05) is 12.2 Å². The van der Waals surface area contributed by atoms with E-state index in [1.165, 1.54) is 18.2 Å². The van der Waals surface area contributed by atoms with Gasteiger partial charge < -0.3 is 15.9 Å². The van der Waals surface area contributed by atoms with Crippen LogP contribution in [0.2, 0.25) is 0 Å². The van der Waals surface area contributed by atoms with Gasteiger partial charge in [-0.2, -0.15) is 0 Å². The number of phenols is 2. The summed E-state index contributed by atoms with van der Waals surface area (Å²) >= 11 is 0. The standard InChI is InChI=1S/C10H13NO2/c1-7(11)2-3-8-6-9(12)4-5-10(8)13/h2-7,12-13H,11H2,1H3/b3-2+. The van der Waals surface area contributed by atoms with E-state index in [1.54, 1.807) is 12.2 Å². The lowest BCUT2D eigenvalue weighted by Crippen LogP contribution is -2.09. The van der Waals surface area contributed by atoms with Crippen molar-refractivity contribution in [3.05, 3.63) is 29.8 Å². The summed E-state index contributed by atoms with van der Waals surface area (Å²) in [6.45, 7) is 1.83. The van der Waals surface area contributed by atoms with Gasteiger partial charge in [0.1, 0.15) is 11.5 Å². The van der Waals surface area contributed by atoms with Gasteiger partial charge in [0.15, 0.2) is 0 Å². The van der Waals surface area contributed by atoms with Gasteiger partial charge in [0.2, 0.25) is 0 Å². The van der Waals surface area contributed by atoms with Crippen LogP contribution in [-0.4, -0.2) is 16.3 Å². The highest BCUT2D eigenvalue weighted by Crippen LogP contribution is 2.23. The summed E-state index contributed by atoms with van der Waals surface area (Å²) in [5.41, 5.74) is 6.06. The van der Waals surface area contributed by atoms with Crippen LogP contribution >= 0.6 is 0 Å². The molecular weight excluding hydrogens is 166 g/mol. The fraction of sp³-hybridized carbons (Fsp3) is 0.200. The van der Waals surface area contributed by atoms with Gasteiger partial charge in [0, 0.05) is 11.6 Å².